The molecule has 1 aromatic carbocycles. The monoisotopic (exact) mass is 300 g/mol. The molecular weight excluding hydrogens is 279 g/mol. The minimum absolute atomic E-state index is 0.0290. The predicted octanol–water partition coefficient (Wildman–Crippen LogP) is 2.59. The van der Waals surface area contributed by atoms with Crippen LogP contribution >= 0.6 is 11.6 Å². The van der Waals surface area contributed by atoms with Crippen molar-refractivity contribution < 1.29 is 9.50 Å². The highest BCUT2D eigenvalue weighted by Crippen LogP contribution is 2.20. The SMILES string of the molecule is CC(NCC(O)CN1CCCC1)c1ccc(F)c(Cl)c1. The minimum atomic E-state index is -0.406. The second-order valence-corrected chi connectivity index (χ2v) is 5.87. The molecule has 0 aromatic heterocycles. The zero-order valence-corrected chi connectivity index (χ0v) is 12.5. The Balaban J connectivity index is 1.78. The molecule has 5 heteroatoms. The molecule has 0 radical (unpaired) electrons. The third-order valence-corrected chi connectivity index (χ3v) is 4.06. The van der Waals surface area contributed by atoms with Crippen molar-refractivity contribution in [1.29, 1.82) is 0 Å². The van der Waals surface area contributed by atoms with Gasteiger partial charge in [0, 0.05) is 19.1 Å². The van der Waals surface area contributed by atoms with Crippen LogP contribution in [0.5, 0.6) is 0 Å². The lowest BCUT2D eigenvalue weighted by atomic mass is 10.1. The molecule has 1 heterocycles. The molecule has 1 aliphatic rings. The van der Waals surface area contributed by atoms with Gasteiger partial charge in [0.25, 0.3) is 0 Å². The fraction of sp³-hybridized carbons (Fsp3) is 0.600. The number of β-amino-alcohol motifs (C(OH)–C–C–N with tert-alkyl or cyclic N) is 1. The van der Waals surface area contributed by atoms with Gasteiger partial charge in [-0.15, -0.1) is 0 Å². The molecule has 112 valence electrons. The molecule has 2 rings (SSSR count). The first-order chi connectivity index (χ1) is 9.56. The van der Waals surface area contributed by atoms with E-state index in [0.29, 0.717) is 13.1 Å². The van der Waals surface area contributed by atoms with Gasteiger partial charge in [-0.25, -0.2) is 4.39 Å². The summed E-state index contributed by atoms with van der Waals surface area (Å²) in [6, 6.07) is 4.74. The highest BCUT2D eigenvalue weighted by Gasteiger charge is 2.16. The first-order valence-electron chi connectivity index (χ1n) is 7.15. The third-order valence-electron chi connectivity index (χ3n) is 3.77. The topological polar surface area (TPSA) is 35.5 Å². The quantitative estimate of drug-likeness (QED) is 0.848. The molecule has 20 heavy (non-hydrogen) atoms. The van der Waals surface area contributed by atoms with Gasteiger partial charge in [0.2, 0.25) is 0 Å². The fourth-order valence-corrected chi connectivity index (χ4v) is 2.73. The van der Waals surface area contributed by atoms with E-state index in [4.69, 9.17) is 11.6 Å². The molecule has 0 spiro atoms. The zero-order valence-electron chi connectivity index (χ0n) is 11.8. The summed E-state index contributed by atoms with van der Waals surface area (Å²) in [5, 5.41) is 13.4. The minimum Gasteiger partial charge on any atom is -0.390 e. The van der Waals surface area contributed by atoms with Crippen LogP contribution in [0.4, 0.5) is 4.39 Å². The first kappa shape index (κ1) is 15.7. The second-order valence-electron chi connectivity index (χ2n) is 5.47. The Morgan fingerprint density at radius 1 is 1.40 bits per heavy atom. The Labute approximate surface area is 124 Å². The number of likely N-dealkylation sites (tertiary alicyclic amines) is 1. The van der Waals surface area contributed by atoms with Crippen LogP contribution in [0.1, 0.15) is 31.4 Å². The van der Waals surface area contributed by atoms with Crippen molar-refractivity contribution in [2.75, 3.05) is 26.2 Å². The van der Waals surface area contributed by atoms with Crippen LogP contribution in [-0.4, -0.2) is 42.3 Å². The number of rotatable bonds is 6. The van der Waals surface area contributed by atoms with Crippen LogP contribution in [-0.2, 0) is 0 Å². The molecule has 0 saturated carbocycles. The summed E-state index contributed by atoms with van der Waals surface area (Å²) in [7, 11) is 0. The van der Waals surface area contributed by atoms with Gasteiger partial charge in [0.1, 0.15) is 5.82 Å². The average molecular weight is 301 g/mol. The van der Waals surface area contributed by atoms with Gasteiger partial charge in [-0.05, 0) is 50.6 Å². The van der Waals surface area contributed by atoms with Crippen molar-refractivity contribution >= 4 is 11.6 Å². The molecule has 2 N–H and O–H groups in total. The Morgan fingerprint density at radius 3 is 2.75 bits per heavy atom. The summed E-state index contributed by atoms with van der Waals surface area (Å²) in [6.07, 6.45) is 2.07. The Kier molecular flexibility index (Phi) is 5.78. The first-order valence-corrected chi connectivity index (χ1v) is 7.53. The van der Waals surface area contributed by atoms with E-state index in [1.807, 2.05) is 6.92 Å². The summed E-state index contributed by atoms with van der Waals surface area (Å²) in [5.74, 6) is -0.406. The van der Waals surface area contributed by atoms with Crippen LogP contribution in [0.2, 0.25) is 5.02 Å². The van der Waals surface area contributed by atoms with Crippen LogP contribution in [0.15, 0.2) is 18.2 Å². The van der Waals surface area contributed by atoms with E-state index >= 15 is 0 Å². The summed E-state index contributed by atoms with van der Waals surface area (Å²) in [6.45, 7) is 5.38. The van der Waals surface area contributed by atoms with Gasteiger partial charge in [-0.3, -0.25) is 0 Å². The van der Waals surface area contributed by atoms with Crippen LogP contribution in [0.3, 0.4) is 0 Å². The summed E-state index contributed by atoms with van der Waals surface area (Å²) >= 11 is 5.78. The van der Waals surface area contributed by atoms with E-state index in [2.05, 4.69) is 10.2 Å². The zero-order chi connectivity index (χ0) is 14.5. The Morgan fingerprint density at radius 2 is 2.10 bits per heavy atom. The Hall–Kier alpha value is -0.680. The van der Waals surface area contributed by atoms with Crippen LogP contribution < -0.4 is 5.32 Å². The molecule has 1 fully saturated rings. The van der Waals surface area contributed by atoms with E-state index in [1.165, 1.54) is 18.9 Å². The lowest BCUT2D eigenvalue weighted by Crippen LogP contribution is -2.37. The summed E-state index contributed by atoms with van der Waals surface area (Å²) in [5.41, 5.74) is 0.921. The predicted molar refractivity (Wildman–Crippen MR) is 79.5 cm³/mol. The average Bonchev–Trinajstić information content (AvgIpc) is 2.92. The van der Waals surface area contributed by atoms with Crippen molar-refractivity contribution in [2.45, 2.75) is 31.9 Å². The van der Waals surface area contributed by atoms with E-state index in [-0.39, 0.29) is 17.2 Å². The van der Waals surface area contributed by atoms with Crippen molar-refractivity contribution in [3.8, 4) is 0 Å². The number of nitrogens with one attached hydrogen (secondary N) is 1. The number of aliphatic hydroxyl groups excluding tert-OH is 1. The van der Waals surface area contributed by atoms with E-state index in [1.54, 1.807) is 12.1 Å². The largest absolute Gasteiger partial charge is 0.390 e. The van der Waals surface area contributed by atoms with Crippen molar-refractivity contribution in [2.24, 2.45) is 0 Å². The normalized spacial score (nSPS) is 19.2. The van der Waals surface area contributed by atoms with Gasteiger partial charge in [0.15, 0.2) is 0 Å². The van der Waals surface area contributed by atoms with Crippen LogP contribution in [0.25, 0.3) is 0 Å². The van der Waals surface area contributed by atoms with Crippen molar-refractivity contribution in [3.05, 3.63) is 34.6 Å². The molecule has 3 nitrogen and oxygen atoms in total. The molecule has 0 bridgehead atoms. The second kappa shape index (κ2) is 7.36. The maximum Gasteiger partial charge on any atom is 0.141 e. The van der Waals surface area contributed by atoms with E-state index in [9.17, 15) is 9.50 Å². The molecular formula is C15H22ClFN2O. The number of nitrogens with zero attached hydrogens (tertiary/aromatic N) is 1. The standard InChI is InChI=1S/C15H22ClFN2O/c1-11(12-4-5-15(17)14(16)8-12)18-9-13(20)10-19-6-2-3-7-19/h4-5,8,11,13,18,20H,2-3,6-7,9-10H2,1H3. The molecule has 2 unspecified atom stereocenters. The van der Waals surface area contributed by atoms with E-state index < -0.39 is 5.82 Å². The van der Waals surface area contributed by atoms with Gasteiger partial charge >= 0.3 is 0 Å². The highest BCUT2D eigenvalue weighted by atomic mass is 35.5. The molecule has 1 aliphatic heterocycles. The lowest BCUT2D eigenvalue weighted by molar-refractivity contribution is 0.121. The number of aliphatic hydroxyl groups is 1. The maximum atomic E-state index is 13.1. The number of hydrogen-bond donors (Lipinski definition) is 2. The van der Waals surface area contributed by atoms with Crippen molar-refractivity contribution in [1.82, 2.24) is 10.2 Å². The highest BCUT2D eigenvalue weighted by molar-refractivity contribution is 6.30. The summed E-state index contributed by atoms with van der Waals surface area (Å²) in [4.78, 5) is 2.28. The molecule has 1 saturated heterocycles. The third kappa shape index (κ3) is 4.42. The molecule has 0 aliphatic carbocycles. The van der Waals surface area contributed by atoms with Gasteiger partial charge in [0.05, 0.1) is 11.1 Å². The Bertz CT molecular complexity index is 438. The maximum absolute atomic E-state index is 13.1. The number of halogens is 2. The fourth-order valence-electron chi connectivity index (χ4n) is 2.54. The van der Waals surface area contributed by atoms with E-state index in [0.717, 1.165) is 18.7 Å². The molecule has 1 aromatic rings. The molecule has 2 atom stereocenters. The smallest absolute Gasteiger partial charge is 0.141 e. The van der Waals surface area contributed by atoms with Gasteiger partial charge < -0.3 is 15.3 Å². The number of benzene rings is 1. The van der Waals surface area contributed by atoms with Gasteiger partial charge in [-0.1, -0.05) is 17.7 Å². The molecule has 0 amide bonds. The van der Waals surface area contributed by atoms with Gasteiger partial charge in [-0.2, -0.15) is 0 Å². The summed E-state index contributed by atoms with van der Waals surface area (Å²) < 4.78 is 13.1. The number of hydrogen-bond acceptors (Lipinski definition) is 3. The van der Waals surface area contributed by atoms with Crippen LogP contribution in [0, 0.1) is 5.82 Å². The van der Waals surface area contributed by atoms with Crippen molar-refractivity contribution in [3.63, 3.8) is 0 Å². The lowest BCUT2D eigenvalue weighted by Gasteiger charge is -2.22.